The van der Waals surface area contributed by atoms with Gasteiger partial charge in [-0.15, -0.1) is 0 Å². The van der Waals surface area contributed by atoms with Crippen LogP contribution in [0.4, 0.5) is 0 Å². The minimum Gasteiger partial charge on any atom is -0.456 e. The van der Waals surface area contributed by atoms with Gasteiger partial charge < -0.3 is 4.74 Å². The van der Waals surface area contributed by atoms with Crippen molar-refractivity contribution in [2.75, 3.05) is 6.61 Å². The Morgan fingerprint density at radius 3 is 2.50 bits per heavy atom. The van der Waals surface area contributed by atoms with Gasteiger partial charge in [-0.1, -0.05) is 39.0 Å². The molecule has 0 unspecified atom stereocenters. The minimum absolute atomic E-state index is 0.378. The molecule has 0 bridgehead atoms. The average Bonchev–Trinajstić information content (AvgIpc) is 2.19. The van der Waals surface area contributed by atoms with Crippen molar-refractivity contribution in [1.82, 2.24) is 0 Å². The molecule has 14 heavy (non-hydrogen) atoms. The monoisotopic (exact) mass is 196 g/mol. The predicted octanol–water partition coefficient (Wildman–Crippen LogP) is 2.91. The summed E-state index contributed by atoms with van der Waals surface area (Å²) in [6.45, 7) is 4.73. The van der Waals surface area contributed by atoms with Crippen LogP contribution in [-0.4, -0.2) is 12.6 Å². The van der Waals surface area contributed by atoms with Crippen LogP contribution in [-0.2, 0) is 9.53 Å². The Hall–Kier alpha value is -0.970. The molecule has 0 aromatic heterocycles. The Morgan fingerprint density at radius 2 is 1.86 bits per heavy atom. The molecule has 0 heterocycles. The minimum atomic E-state index is -0.378. The number of carbonyl (C=O) groups is 1. The zero-order valence-electron chi connectivity index (χ0n) is 9.27. The third-order valence-corrected chi connectivity index (χ3v) is 1.83. The van der Waals surface area contributed by atoms with Crippen LogP contribution >= 0.6 is 0 Å². The van der Waals surface area contributed by atoms with E-state index in [0.717, 1.165) is 38.5 Å². The standard InChI is InChI=1S/C12H20O2/c1-3-5-7-8-10-12(13)14-11-9-6-4-2/h3-7,9,11H2,1-2H3. The van der Waals surface area contributed by atoms with Gasteiger partial charge in [0.05, 0.1) is 6.61 Å². The van der Waals surface area contributed by atoms with Crippen molar-refractivity contribution in [3.8, 4) is 11.8 Å². The molecule has 0 saturated carbocycles. The highest BCUT2D eigenvalue weighted by atomic mass is 16.5. The van der Waals surface area contributed by atoms with Crippen LogP contribution in [0.3, 0.4) is 0 Å². The molecule has 0 aliphatic rings. The van der Waals surface area contributed by atoms with E-state index in [1.165, 1.54) is 0 Å². The number of ether oxygens (including phenoxy) is 1. The second-order valence-electron chi connectivity index (χ2n) is 3.25. The highest BCUT2D eigenvalue weighted by Crippen LogP contribution is 1.94. The van der Waals surface area contributed by atoms with Crippen LogP contribution in [0.15, 0.2) is 0 Å². The highest BCUT2D eigenvalue weighted by Gasteiger charge is 1.94. The molecular weight excluding hydrogens is 176 g/mol. The quantitative estimate of drug-likeness (QED) is 0.282. The lowest BCUT2D eigenvalue weighted by Gasteiger charge is -1.98. The van der Waals surface area contributed by atoms with Crippen molar-refractivity contribution < 1.29 is 9.53 Å². The zero-order valence-corrected chi connectivity index (χ0v) is 9.27. The number of unbranched alkanes of at least 4 members (excludes halogenated alkanes) is 4. The summed E-state index contributed by atoms with van der Waals surface area (Å²) in [6, 6.07) is 0. The second kappa shape index (κ2) is 10.1. The number of hydrogen-bond acceptors (Lipinski definition) is 2. The third kappa shape index (κ3) is 9.12. The summed E-state index contributed by atoms with van der Waals surface area (Å²) in [6.07, 6.45) is 6.14. The fourth-order valence-electron chi connectivity index (χ4n) is 0.953. The van der Waals surface area contributed by atoms with E-state index in [1.54, 1.807) is 0 Å². The molecule has 0 atom stereocenters. The van der Waals surface area contributed by atoms with Gasteiger partial charge in [-0.25, -0.2) is 4.79 Å². The smallest absolute Gasteiger partial charge is 0.384 e. The van der Waals surface area contributed by atoms with E-state index in [9.17, 15) is 4.79 Å². The molecule has 80 valence electrons. The van der Waals surface area contributed by atoms with Gasteiger partial charge in [0, 0.05) is 12.3 Å². The molecule has 0 aliphatic carbocycles. The molecule has 0 rings (SSSR count). The van der Waals surface area contributed by atoms with Crippen LogP contribution < -0.4 is 0 Å². The predicted molar refractivity (Wildman–Crippen MR) is 57.8 cm³/mol. The van der Waals surface area contributed by atoms with Crippen molar-refractivity contribution in [3.63, 3.8) is 0 Å². The van der Waals surface area contributed by atoms with E-state index in [4.69, 9.17) is 4.74 Å². The molecular formula is C12H20O2. The SMILES string of the molecule is CCCCC#CC(=O)OCCCCC. The molecule has 0 N–H and O–H groups in total. The van der Waals surface area contributed by atoms with Crippen molar-refractivity contribution in [2.24, 2.45) is 0 Å². The fraction of sp³-hybridized carbons (Fsp3) is 0.750. The lowest BCUT2D eigenvalue weighted by atomic mass is 10.2. The van der Waals surface area contributed by atoms with E-state index < -0.39 is 0 Å². The van der Waals surface area contributed by atoms with Crippen molar-refractivity contribution in [3.05, 3.63) is 0 Å². The summed E-state index contributed by atoms with van der Waals surface area (Å²) in [5.74, 6) is 4.91. The van der Waals surface area contributed by atoms with E-state index in [1.807, 2.05) is 0 Å². The summed E-state index contributed by atoms with van der Waals surface area (Å²) in [4.78, 5) is 11.0. The first kappa shape index (κ1) is 13.0. The third-order valence-electron chi connectivity index (χ3n) is 1.83. The van der Waals surface area contributed by atoms with Crippen molar-refractivity contribution in [2.45, 2.75) is 52.4 Å². The van der Waals surface area contributed by atoms with Crippen LogP contribution in [0.25, 0.3) is 0 Å². The molecule has 0 amide bonds. The fourth-order valence-corrected chi connectivity index (χ4v) is 0.953. The van der Waals surface area contributed by atoms with Gasteiger partial charge in [-0.3, -0.25) is 0 Å². The van der Waals surface area contributed by atoms with E-state index in [-0.39, 0.29) is 5.97 Å². The van der Waals surface area contributed by atoms with Gasteiger partial charge in [0.2, 0.25) is 0 Å². The largest absolute Gasteiger partial charge is 0.456 e. The summed E-state index contributed by atoms with van der Waals surface area (Å²) >= 11 is 0. The number of hydrogen-bond donors (Lipinski definition) is 0. The Bertz CT molecular complexity index is 198. The second-order valence-corrected chi connectivity index (χ2v) is 3.25. The average molecular weight is 196 g/mol. The Labute approximate surface area is 87.0 Å². The summed E-state index contributed by atoms with van der Waals surface area (Å²) < 4.78 is 4.91. The van der Waals surface area contributed by atoms with Crippen molar-refractivity contribution in [1.29, 1.82) is 0 Å². The first-order valence-electron chi connectivity index (χ1n) is 5.46. The number of esters is 1. The number of carbonyl (C=O) groups excluding carboxylic acids is 1. The molecule has 2 heteroatoms. The van der Waals surface area contributed by atoms with Crippen molar-refractivity contribution >= 4 is 5.97 Å². The molecule has 0 fully saturated rings. The molecule has 0 aromatic carbocycles. The van der Waals surface area contributed by atoms with Gasteiger partial charge in [-0.05, 0) is 12.8 Å². The highest BCUT2D eigenvalue weighted by molar-refractivity contribution is 5.88. The maximum atomic E-state index is 11.0. The molecule has 0 radical (unpaired) electrons. The van der Waals surface area contributed by atoms with Crippen LogP contribution in [0.2, 0.25) is 0 Å². The van der Waals surface area contributed by atoms with E-state index >= 15 is 0 Å². The first-order valence-corrected chi connectivity index (χ1v) is 5.46. The lowest BCUT2D eigenvalue weighted by Crippen LogP contribution is -2.02. The van der Waals surface area contributed by atoms with Crippen LogP contribution in [0.1, 0.15) is 52.4 Å². The number of rotatable bonds is 6. The Morgan fingerprint density at radius 1 is 1.14 bits per heavy atom. The lowest BCUT2D eigenvalue weighted by molar-refractivity contribution is -0.136. The maximum absolute atomic E-state index is 11.0. The Kier molecular flexibility index (Phi) is 9.41. The normalized spacial score (nSPS) is 9.00. The van der Waals surface area contributed by atoms with Gasteiger partial charge in [0.1, 0.15) is 0 Å². The first-order chi connectivity index (χ1) is 6.81. The molecule has 0 saturated heterocycles. The maximum Gasteiger partial charge on any atom is 0.384 e. The summed E-state index contributed by atoms with van der Waals surface area (Å²) in [5, 5.41) is 0. The zero-order chi connectivity index (χ0) is 10.6. The van der Waals surface area contributed by atoms with E-state index in [2.05, 4.69) is 25.7 Å². The summed E-state index contributed by atoms with van der Waals surface area (Å²) in [5.41, 5.74) is 0. The van der Waals surface area contributed by atoms with Gasteiger partial charge in [-0.2, -0.15) is 0 Å². The summed E-state index contributed by atoms with van der Waals surface area (Å²) in [7, 11) is 0. The van der Waals surface area contributed by atoms with Gasteiger partial charge in [0.25, 0.3) is 0 Å². The van der Waals surface area contributed by atoms with Crippen LogP contribution in [0, 0.1) is 11.8 Å². The molecule has 0 aliphatic heterocycles. The molecule has 0 spiro atoms. The van der Waals surface area contributed by atoms with Gasteiger partial charge >= 0.3 is 5.97 Å². The van der Waals surface area contributed by atoms with E-state index in [0.29, 0.717) is 6.61 Å². The van der Waals surface area contributed by atoms with Gasteiger partial charge in [0.15, 0.2) is 0 Å². The van der Waals surface area contributed by atoms with Crippen LogP contribution in [0.5, 0.6) is 0 Å². The topological polar surface area (TPSA) is 26.3 Å². The molecule has 0 aromatic rings. The Balaban J connectivity index is 3.38. The molecule has 2 nitrogen and oxygen atoms in total.